The van der Waals surface area contributed by atoms with Crippen LogP contribution < -0.4 is 16.0 Å². The quantitative estimate of drug-likeness (QED) is 0.586. The molecule has 0 saturated carbocycles. The van der Waals surface area contributed by atoms with Crippen LogP contribution in [0.15, 0.2) is 0 Å². The first-order chi connectivity index (χ1) is 6.72. The molecule has 3 N–H and O–H groups in total. The Hall–Kier alpha value is -1.46. The lowest BCUT2D eigenvalue weighted by Crippen LogP contribution is -2.43. The van der Waals surface area contributed by atoms with Crippen LogP contribution in [0.3, 0.4) is 0 Å². The second kappa shape index (κ2) is 3.36. The molecule has 14 heavy (non-hydrogen) atoms. The van der Waals surface area contributed by atoms with Gasteiger partial charge in [0.2, 0.25) is 0 Å². The first-order valence-corrected chi connectivity index (χ1v) is 4.86. The van der Waals surface area contributed by atoms with Gasteiger partial charge in [0.05, 0.1) is 0 Å². The maximum atomic E-state index is 11.4. The van der Waals surface area contributed by atoms with E-state index < -0.39 is 0 Å². The van der Waals surface area contributed by atoms with Crippen LogP contribution >= 0.6 is 0 Å². The Bertz CT molecular complexity index is 268. The zero-order chi connectivity index (χ0) is 10.1. The molecular formula is C8H14N4O2. The lowest BCUT2D eigenvalue weighted by Gasteiger charge is -2.20. The van der Waals surface area contributed by atoms with Crippen molar-refractivity contribution in [2.75, 3.05) is 6.54 Å². The predicted octanol–water partition coefficient (Wildman–Crippen LogP) is -0.223. The van der Waals surface area contributed by atoms with Crippen molar-refractivity contribution in [2.45, 2.75) is 32.1 Å². The maximum Gasteiger partial charge on any atom is 0.320 e. The Morgan fingerprint density at radius 1 is 1.29 bits per heavy atom. The number of hydrogen-bond acceptors (Lipinski definition) is 2. The van der Waals surface area contributed by atoms with Gasteiger partial charge in [-0.1, -0.05) is 13.3 Å². The number of carbonyl (C=O) groups excluding carboxylic acids is 2. The van der Waals surface area contributed by atoms with Crippen LogP contribution in [0.2, 0.25) is 0 Å². The number of hydrogen-bond donors (Lipinski definition) is 3. The van der Waals surface area contributed by atoms with Crippen LogP contribution in [0.4, 0.5) is 9.59 Å². The summed E-state index contributed by atoms with van der Waals surface area (Å²) in [6.07, 6.45) is 1.49. The Balaban J connectivity index is 2.01. The summed E-state index contributed by atoms with van der Waals surface area (Å²) in [5.74, 6) is 0. The van der Waals surface area contributed by atoms with Gasteiger partial charge in [0, 0.05) is 6.54 Å². The highest BCUT2D eigenvalue weighted by Crippen LogP contribution is 2.14. The summed E-state index contributed by atoms with van der Waals surface area (Å²) in [6, 6.07) is -0.331. The molecule has 0 unspecified atom stereocenters. The Kier molecular flexibility index (Phi) is 2.18. The Morgan fingerprint density at radius 3 is 2.79 bits per heavy atom. The van der Waals surface area contributed by atoms with E-state index in [0.717, 1.165) is 12.8 Å². The van der Waals surface area contributed by atoms with Gasteiger partial charge in [-0.3, -0.25) is 0 Å². The van der Waals surface area contributed by atoms with E-state index in [1.807, 2.05) is 0 Å². The van der Waals surface area contributed by atoms with Crippen LogP contribution in [0, 0.1) is 0 Å². The molecule has 6 nitrogen and oxygen atoms in total. The smallest absolute Gasteiger partial charge is 0.314 e. The second-order valence-electron chi connectivity index (χ2n) is 3.54. The van der Waals surface area contributed by atoms with Crippen LogP contribution in [0.1, 0.15) is 19.8 Å². The fourth-order valence-corrected chi connectivity index (χ4v) is 1.76. The molecule has 6 heteroatoms. The highest BCUT2D eigenvalue weighted by atomic mass is 16.2. The normalized spacial score (nSPS) is 29.6. The lowest BCUT2D eigenvalue weighted by molar-refractivity contribution is 0.195. The molecule has 2 fully saturated rings. The minimum absolute atomic E-state index is 0.110. The minimum Gasteiger partial charge on any atom is -0.314 e. The van der Waals surface area contributed by atoms with Crippen molar-refractivity contribution in [3.63, 3.8) is 0 Å². The van der Waals surface area contributed by atoms with E-state index >= 15 is 0 Å². The molecule has 2 atom stereocenters. The largest absolute Gasteiger partial charge is 0.320 e. The third-order valence-electron chi connectivity index (χ3n) is 2.51. The van der Waals surface area contributed by atoms with Crippen molar-refractivity contribution < 1.29 is 9.59 Å². The van der Waals surface area contributed by atoms with E-state index in [4.69, 9.17) is 0 Å². The van der Waals surface area contributed by atoms with Gasteiger partial charge in [-0.05, 0) is 6.42 Å². The fraction of sp³-hybridized carbons (Fsp3) is 0.750. The monoisotopic (exact) mass is 198 g/mol. The van der Waals surface area contributed by atoms with E-state index in [1.165, 1.54) is 0 Å². The average molecular weight is 198 g/mol. The summed E-state index contributed by atoms with van der Waals surface area (Å²) in [6.45, 7) is 2.75. The van der Waals surface area contributed by atoms with Gasteiger partial charge >= 0.3 is 12.1 Å². The minimum atomic E-state index is -0.271. The van der Waals surface area contributed by atoms with Gasteiger partial charge in [-0.15, -0.1) is 0 Å². The molecule has 2 saturated heterocycles. The summed E-state index contributed by atoms with van der Waals surface area (Å²) in [7, 11) is 0. The second-order valence-corrected chi connectivity index (χ2v) is 3.54. The number of unbranched alkanes of at least 4 members (excludes halogenated alkanes) is 1. The molecule has 2 rings (SSSR count). The number of amides is 4. The zero-order valence-electron chi connectivity index (χ0n) is 8.04. The van der Waals surface area contributed by atoms with E-state index in [-0.39, 0.29) is 24.4 Å². The summed E-state index contributed by atoms with van der Waals surface area (Å²) in [4.78, 5) is 24.1. The number of carbonyl (C=O) groups is 2. The van der Waals surface area contributed by atoms with Gasteiger partial charge in [-0.25, -0.2) is 9.59 Å². The van der Waals surface area contributed by atoms with Gasteiger partial charge < -0.3 is 20.9 Å². The molecule has 0 aliphatic carbocycles. The summed E-state index contributed by atoms with van der Waals surface area (Å²) in [5.41, 5.74) is 0. The van der Waals surface area contributed by atoms with E-state index in [1.54, 1.807) is 4.90 Å². The van der Waals surface area contributed by atoms with Crippen LogP contribution in [0.5, 0.6) is 0 Å². The van der Waals surface area contributed by atoms with Crippen LogP contribution in [-0.4, -0.2) is 35.8 Å². The molecule has 0 aromatic rings. The van der Waals surface area contributed by atoms with E-state index in [2.05, 4.69) is 22.9 Å². The molecule has 0 radical (unpaired) electrons. The highest BCUT2D eigenvalue weighted by molar-refractivity contribution is 5.84. The molecule has 0 aromatic carbocycles. The van der Waals surface area contributed by atoms with Crippen molar-refractivity contribution >= 4 is 12.1 Å². The topological polar surface area (TPSA) is 73.5 Å². The van der Waals surface area contributed by atoms with Crippen LogP contribution in [0.25, 0.3) is 0 Å². The predicted molar refractivity (Wildman–Crippen MR) is 49.4 cm³/mol. The number of urea groups is 2. The first-order valence-electron chi connectivity index (χ1n) is 4.86. The van der Waals surface area contributed by atoms with Gasteiger partial charge in [-0.2, -0.15) is 0 Å². The molecule has 4 amide bonds. The molecule has 2 aliphatic heterocycles. The number of rotatable bonds is 3. The van der Waals surface area contributed by atoms with Crippen molar-refractivity contribution in [2.24, 2.45) is 0 Å². The molecule has 0 spiro atoms. The molecule has 2 aliphatic rings. The summed E-state index contributed by atoms with van der Waals surface area (Å²) < 4.78 is 0. The van der Waals surface area contributed by atoms with Crippen molar-refractivity contribution in [1.29, 1.82) is 0 Å². The van der Waals surface area contributed by atoms with E-state index in [9.17, 15) is 9.59 Å². The van der Waals surface area contributed by atoms with Crippen molar-refractivity contribution in [3.8, 4) is 0 Å². The number of nitrogens with one attached hydrogen (secondary N) is 3. The standard InChI is InChI=1S/C8H14N4O2/c1-2-3-4-12-6-5(10-8(12)14)9-7(13)11-6/h5-6H,2-4H2,1H3,(H,10,14)(H2,9,11,13)/t5-,6-/m0/s1. The number of nitrogens with zero attached hydrogens (tertiary/aromatic N) is 1. The lowest BCUT2D eigenvalue weighted by atomic mass is 10.3. The maximum absolute atomic E-state index is 11.4. The molecular weight excluding hydrogens is 184 g/mol. The third kappa shape index (κ3) is 1.36. The fourth-order valence-electron chi connectivity index (χ4n) is 1.76. The Labute approximate surface area is 82.0 Å². The van der Waals surface area contributed by atoms with Gasteiger partial charge in [0.25, 0.3) is 0 Å². The molecule has 0 bridgehead atoms. The van der Waals surface area contributed by atoms with Gasteiger partial charge in [0.1, 0.15) is 12.3 Å². The summed E-state index contributed by atoms with van der Waals surface area (Å²) >= 11 is 0. The average Bonchev–Trinajstić information content (AvgIpc) is 2.58. The highest BCUT2D eigenvalue weighted by Gasteiger charge is 2.44. The molecule has 78 valence electrons. The SMILES string of the molecule is CCCCN1C(=O)N[C@@H]2NC(=O)N[C@H]21. The van der Waals surface area contributed by atoms with E-state index in [0.29, 0.717) is 6.54 Å². The number of fused-ring (bicyclic) bond motifs is 1. The Morgan fingerprint density at radius 2 is 2.07 bits per heavy atom. The van der Waals surface area contributed by atoms with Crippen LogP contribution in [-0.2, 0) is 0 Å². The molecule has 0 aromatic heterocycles. The third-order valence-corrected chi connectivity index (χ3v) is 2.51. The van der Waals surface area contributed by atoms with Gasteiger partial charge in [0.15, 0.2) is 0 Å². The zero-order valence-corrected chi connectivity index (χ0v) is 8.04. The first kappa shape index (κ1) is 9.11. The summed E-state index contributed by atoms with van der Waals surface area (Å²) in [5, 5.41) is 8.02. The molecule has 2 heterocycles. The van der Waals surface area contributed by atoms with Crippen molar-refractivity contribution in [3.05, 3.63) is 0 Å². The van der Waals surface area contributed by atoms with Crippen molar-refractivity contribution in [1.82, 2.24) is 20.9 Å².